The first-order valence-electron chi connectivity index (χ1n) is 5.96. The molecule has 2 heteroatoms. The molecule has 2 nitrogen and oxygen atoms in total. The predicted molar refractivity (Wildman–Crippen MR) is 65.2 cm³/mol. The summed E-state index contributed by atoms with van der Waals surface area (Å²) in [4.78, 5) is 0. The Morgan fingerprint density at radius 1 is 1.27 bits per heavy atom. The Balaban J connectivity index is 2.00. The first-order valence-corrected chi connectivity index (χ1v) is 5.96. The summed E-state index contributed by atoms with van der Waals surface area (Å²) >= 11 is 0. The highest BCUT2D eigenvalue weighted by Crippen LogP contribution is 2.23. The van der Waals surface area contributed by atoms with E-state index in [2.05, 4.69) is 23.5 Å². The Labute approximate surface area is 91.9 Å². The first-order chi connectivity index (χ1) is 7.40. The molecule has 0 aromatic heterocycles. The Bertz CT molecular complexity index is 320. The third-order valence-corrected chi connectivity index (χ3v) is 3.03. The Morgan fingerprint density at radius 3 is 3.07 bits per heavy atom. The quantitative estimate of drug-likeness (QED) is 0.739. The number of fused-ring (bicyclic) bond motifs is 1. The van der Waals surface area contributed by atoms with E-state index in [1.807, 2.05) is 0 Å². The van der Waals surface area contributed by atoms with Gasteiger partial charge in [-0.1, -0.05) is 12.1 Å². The monoisotopic (exact) mass is 204 g/mol. The smallest absolute Gasteiger partial charge is 0.0372 e. The molecule has 0 spiro atoms. The highest BCUT2D eigenvalue weighted by atomic mass is 14.9. The van der Waals surface area contributed by atoms with Crippen LogP contribution in [0.1, 0.15) is 30.4 Å². The molecule has 0 amide bonds. The van der Waals surface area contributed by atoms with Gasteiger partial charge in [0.05, 0.1) is 0 Å². The summed E-state index contributed by atoms with van der Waals surface area (Å²) in [5.41, 5.74) is 9.79. The second-order valence-electron chi connectivity index (χ2n) is 4.27. The van der Waals surface area contributed by atoms with Crippen LogP contribution >= 0.6 is 0 Å². The van der Waals surface area contributed by atoms with E-state index in [0.717, 1.165) is 19.5 Å². The van der Waals surface area contributed by atoms with Gasteiger partial charge < -0.3 is 11.1 Å². The highest BCUT2D eigenvalue weighted by molar-refractivity contribution is 5.54. The van der Waals surface area contributed by atoms with Crippen LogP contribution in [-0.4, -0.2) is 13.1 Å². The molecule has 0 radical (unpaired) electrons. The number of aryl methyl sites for hydroxylation is 2. The van der Waals surface area contributed by atoms with Gasteiger partial charge >= 0.3 is 0 Å². The van der Waals surface area contributed by atoms with Gasteiger partial charge in [-0.3, -0.25) is 0 Å². The van der Waals surface area contributed by atoms with E-state index in [9.17, 15) is 0 Å². The topological polar surface area (TPSA) is 38.0 Å². The van der Waals surface area contributed by atoms with Gasteiger partial charge in [0.1, 0.15) is 0 Å². The fourth-order valence-corrected chi connectivity index (χ4v) is 2.16. The van der Waals surface area contributed by atoms with Crippen LogP contribution in [0, 0.1) is 0 Å². The van der Waals surface area contributed by atoms with Gasteiger partial charge in [0.25, 0.3) is 0 Å². The fraction of sp³-hybridized carbons (Fsp3) is 0.538. The molecule has 1 aromatic carbocycles. The van der Waals surface area contributed by atoms with Crippen LogP contribution in [0.3, 0.4) is 0 Å². The number of benzene rings is 1. The Morgan fingerprint density at radius 2 is 2.20 bits per heavy atom. The fourth-order valence-electron chi connectivity index (χ4n) is 2.16. The van der Waals surface area contributed by atoms with Crippen LogP contribution in [-0.2, 0) is 12.8 Å². The SMILES string of the molecule is NCCCCc1ccc2c(c1)CCCN2. The summed E-state index contributed by atoms with van der Waals surface area (Å²) in [5, 5.41) is 3.44. The van der Waals surface area contributed by atoms with Crippen molar-refractivity contribution in [3.63, 3.8) is 0 Å². The van der Waals surface area contributed by atoms with Crippen LogP contribution in [0.25, 0.3) is 0 Å². The van der Waals surface area contributed by atoms with Gasteiger partial charge in [-0.25, -0.2) is 0 Å². The van der Waals surface area contributed by atoms with Crippen molar-refractivity contribution in [2.45, 2.75) is 32.1 Å². The molecule has 0 bridgehead atoms. The maximum absolute atomic E-state index is 5.49. The first kappa shape index (κ1) is 10.5. The van der Waals surface area contributed by atoms with Gasteiger partial charge in [-0.2, -0.15) is 0 Å². The second-order valence-corrected chi connectivity index (χ2v) is 4.27. The predicted octanol–water partition coefficient (Wildman–Crippen LogP) is 2.33. The molecule has 15 heavy (non-hydrogen) atoms. The van der Waals surface area contributed by atoms with Gasteiger partial charge in [0, 0.05) is 12.2 Å². The number of nitrogens with one attached hydrogen (secondary N) is 1. The Hall–Kier alpha value is -1.02. The maximum atomic E-state index is 5.49. The van der Waals surface area contributed by atoms with Gasteiger partial charge in [-0.15, -0.1) is 0 Å². The molecule has 1 aromatic rings. The van der Waals surface area contributed by atoms with Crippen molar-refractivity contribution in [2.24, 2.45) is 5.73 Å². The number of hydrogen-bond acceptors (Lipinski definition) is 2. The number of anilines is 1. The van der Waals surface area contributed by atoms with Crippen LogP contribution in [0.5, 0.6) is 0 Å². The molecule has 1 aliphatic rings. The molecule has 1 heterocycles. The lowest BCUT2D eigenvalue weighted by molar-refractivity contribution is 0.742. The minimum absolute atomic E-state index is 0.812. The highest BCUT2D eigenvalue weighted by Gasteiger charge is 2.08. The van der Waals surface area contributed by atoms with E-state index < -0.39 is 0 Å². The zero-order chi connectivity index (χ0) is 10.5. The van der Waals surface area contributed by atoms with Crippen molar-refractivity contribution in [1.29, 1.82) is 0 Å². The number of rotatable bonds is 4. The van der Waals surface area contributed by atoms with Crippen molar-refractivity contribution in [2.75, 3.05) is 18.4 Å². The second kappa shape index (κ2) is 5.17. The average Bonchev–Trinajstić information content (AvgIpc) is 2.29. The van der Waals surface area contributed by atoms with Crippen LogP contribution < -0.4 is 11.1 Å². The van der Waals surface area contributed by atoms with E-state index in [1.165, 1.54) is 42.5 Å². The molecule has 0 saturated carbocycles. The summed E-state index contributed by atoms with van der Waals surface area (Å²) in [6.45, 7) is 1.94. The minimum Gasteiger partial charge on any atom is -0.385 e. The lowest BCUT2D eigenvalue weighted by Gasteiger charge is -2.18. The van der Waals surface area contributed by atoms with Crippen molar-refractivity contribution in [1.82, 2.24) is 0 Å². The van der Waals surface area contributed by atoms with E-state index in [-0.39, 0.29) is 0 Å². The van der Waals surface area contributed by atoms with Crippen molar-refractivity contribution in [3.8, 4) is 0 Å². The number of unbranched alkanes of at least 4 members (excludes halogenated alkanes) is 1. The zero-order valence-electron chi connectivity index (χ0n) is 9.26. The van der Waals surface area contributed by atoms with Gasteiger partial charge in [0.2, 0.25) is 0 Å². The molecule has 3 N–H and O–H groups in total. The summed E-state index contributed by atoms with van der Waals surface area (Å²) in [6.07, 6.45) is 6.01. The standard InChI is InChI=1S/C13H20N2/c14-8-2-1-4-11-6-7-13-12(10-11)5-3-9-15-13/h6-7,10,15H,1-5,8-9,14H2. The van der Waals surface area contributed by atoms with E-state index in [0.29, 0.717) is 0 Å². The average molecular weight is 204 g/mol. The number of hydrogen-bond donors (Lipinski definition) is 2. The molecule has 82 valence electrons. The van der Waals surface area contributed by atoms with Crippen LogP contribution in [0.4, 0.5) is 5.69 Å². The molecule has 0 saturated heterocycles. The zero-order valence-corrected chi connectivity index (χ0v) is 9.26. The Kier molecular flexibility index (Phi) is 3.62. The minimum atomic E-state index is 0.812. The molecule has 0 aliphatic carbocycles. The van der Waals surface area contributed by atoms with Gasteiger partial charge in [0.15, 0.2) is 0 Å². The third-order valence-electron chi connectivity index (χ3n) is 3.03. The van der Waals surface area contributed by atoms with Crippen molar-refractivity contribution >= 4 is 5.69 Å². The van der Waals surface area contributed by atoms with Crippen molar-refractivity contribution < 1.29 is 0 Å². The maximum Gasteiger partial charge on any atom is 0.0372 e. The summed E-state index contributed by atoms with van der Waals surface area (Å²) in [5.74, 6) is 0. The molecular formula is C13H20N2. The lowest BCUT2D eigenvalue weighted by Crippen LogP contribution is -2.11. The molecule has 0 unspecified atom stereocenters. The summed E-state index contributed by atoms with van der Waals surface area (Å²) in [6, 6.07) is 6.83. The lowest BCUT2D eigenvalue weighted by atomic mass is 9.98. The molecule has 2 rings (SSSR count). The third kappa shape index (κ3) is 2.72. The van der Waals surface area contributed by atoms with Crippen LogP contribution in [0.2, 0.25) is 0 Å². The molecule has 0 atom stereocenters. The summed E-state index contributed by atoms with van der Waals surface area (Å²) in [7, 11) is 0. The summed E-state index contributed by atoms with van der Waals surface area (Å²) < 4.78 is 0. The molecule has 1 aliphatic heterocycles. The van der Waals surface area contributed by atoms with Crippen molar-refractivity contribution in [3.05, 3.63) is 29.3 Å². The van der Waals surface area contributed by atoms with Crippen LogP contribution in [0.15, 0.2) is 18.2 Å². The van der Waals surface area contributed by atoms with E-state index >= 15 is 0 Å². The van der Waals surface area contributed by atoms with E-state index in [1.54, 1.807) is 0 Å². The van der Waals surface area contributed by atoms with Gasteiger partial charge in [-0.05, 0) is 55.8 Å². The number of nitrogens with two attached hydrogens (primary N) is 1. The normalized spacial score (nSPS) is 14.5. The largest absolute Gasteiger partial charge is 0.385 e. The van der Waals surface area contributed by atoms with E-state index in [4.69, 9.17) is 5.73 Å². The molecule has 0 fully saturated rings. The molecular weight excluding hydrogens is 184 g/mol.